The summed E-state index contributed by atoms with van der Waals surface area (Å²) in [6.45, 7) is 8.26. The van der Waals surface area contributed by atoms with Crippen LogP contribution in [-0.4, -0.2) is 58.9 Å². The molecule has 11 heteroatoms. The lowest BCUT2D eigenvalue weighted by atomic mass is 9.99. The number of carbonyl (C=O) groups is 5. The summed E-state index contributed by atoms with van der Waals surface area (Å²) in [6.07, 6.45) is 0.175. The quantitative estimate of drug-likeness (QED) is 0.222. The summed E-state index contributed by atoms with van der Waals surface area (Å²) in [6, 6.07) is -4.33. The Morgan fingerprint density at radius 1 is 0.862 bits per heavy atom. The number of carboxylic acids is 1. The van der Waals surface area contributed by atoms with Gasteiger partial charge in [-0.05, 0) is 18.8 Å². The molecule has 0 rings (SSSR count). The monoisotopic (exact) mass is 415 g/mol. The Kier molecular flexibility index (Phi) is 10.9. The predicted molar refractivity (Wildman–Crippen MR) is 105 cm³/mol. The lowest BCUT2D eigenvalue weighted by molar-refractivity contribution is -0.143. The maximum atomic E-state index is 12.5. The van der Waals surface area contributed by atoms with Crippen molar-refractivity contribution in [2.24, 2.45) is 23.3 Å². The van der Waals surface area contributed by atoms with Crippen molar-refractivity contribution in [1.29, 1.82) is 0 Å². The van der Waals surface area contributed by atoms with Gasteiger partial charge in [0.25, 0.3) is 0 Å². The normalized spacial score (nSPS) is 16.1. The van der Waals surface area contributed by atoms with Crippen LogP contribution in [0.5, 0.6) is 0 Å². The molecule has 0 aromatic rings. The topological polar surface area (TPSA) is 194 Å². The van der Waals surface area contributed by atoms with Gasteiger partial charge in [-0.3, -0.25) is 19.2 Å². The van der Waals surface area contributed by atoms with Crippen LogP contribution in [0.1, 0.15) is 47.5 Å². The number of amides is 4. The van der Waals surface area contributed by atoms with E-state index in [9.17, 15) is 29.1 Å². The van der Waals surface area contributed by atoms with E-state index in [1.54, 1.807) is 27.7 Å². The molecule has 0 aromatic carbocycles. The Balaban J connectivity index is 5.04. The van der Waals surface area contributed by atoms with E-state index >= 15 is 0 Å². The summed E-state index contributed by atoms with van der Waals surface area (Å²) >= 11 is 0. The van der Waals surface area contributed by atoms with E-state index in [0.717, 1.165) is 0 Å². The van der Waals surface area contributed by atoms with Gasteiger partial charge in [0.1, 0.15) is 18.1 Å². The number of rotatable bonds is 12. The molecule has 8 N–H and O–H groups in total. The molecule has 0 aliphatic heterocycles. The van der Waals surface area contributed by atoms with Crippen molar-refractivity contribution in [2.45, 2.75) is 71.6 Å². The molecule has 5 unspecified atom stereocenters. The zero-order valence-electron chi connectivity index (χ0n) is 17.5. The number of aliphatic carboxylic acids is 1. The maximum Gasteiger partial charge on any atom is 0.326 e. The Morgan fingerprint density at radius 3 is 1.79 bits per heavy atom. The summed E-state index contributed by atoms with van der Waals surface area (Å²) in [5.41, 5.74) is 10.6. The van der Waals surface area contributed by atoms with Gasteiger partial charge in [0.2, 0.25) is 23.6 Å². The van der Waals surface area contributed by atoms with Gasteiger partial charge >= 0.3 is 5.97 Å². The molecule has 0 spiro atoms. The van der Waals surface area contributed by atoms with Crippen molar-refractivity contribution in [3.8, 4) is 0 Å². The number of carboxylic acid groups (broad SMARTS) is 1. The molecule has 166 valence electrons. The van der Waals surface area contributed by atoms with Gasteiger partial charge < -0.3 is 32.5 Å². The fourth-order valence-electron chi connectivity index (χ4n) is 2.43. The third-order valence-corrected chi connectivity index (χ3v) is 4.53. The van der Waals surface area contributed by atoms with Crippen molar-refractivity contribution in [3.05, 3.63) is 0 Å². The highest BCUT2D eigenvalue weighted by Crippen LogP contribution is 2.08. The van der Waals surface area contributed by atoms with Gasteiger partial charge in [0.15, 0.2) is 0 Å². The van der Waals surface area contributed by atoms with Crippen LogP contribution in [0.4, 0.5) is 0 Å². The third-order valence-electron chi connectivity index (χ3n) is 4.53. The van der Waals surface area contributed by atoms with Crippen molar-refractivity contribution < 1.29 is 29.1 Å². The molecule has 0 radical (unpaired) electrons. The van der Waals surface area contributed by atoms with Crippen LogP contribution in [-0.2, 0) is 24.0 Å². The first-order chi connectivity index (χ1) is 13.3. The van der Waals surface area contributed by atoms with Gasteiger partial charge in [-0.2, -0.15) is 0 Å². The standard InChI is InChI=1S/C18H33N5O6/c1-6-9(4)14(18(28)29)23-15(25)10(5)21-17(27)13(8(2)3)22-16(26)11(19)7-12(20)24/h8-11,13-14H,6-7,19H2,1-5H3,(H2,20,24)(H,21,27)(H,22,26)(H,23,25)(H,28,29). The first-order valence-electron chi connectivity index (χ1n) is 9.49. The van der Waals surface area contributed by atoms with E-state index in [1.165, 1.54) is 6.92 Å². The van der Waals surface area contributed by atoms with Crippen LogP contribution in [0.2, 0.25) is 0 Å². The molecule has 0 saturated heterocycles. The highest BCUT2D eigenvalue weighted by molar-refractivity contribution is 5.95. The SMILES string of the molecule is CCC(C)C(NC(=O)C(C)NC(=O)C(NC(=O)C(N)CC(N)=O)C(C)C)C(=O)O. The van der Waals surface area contributed by atoms with E-state index in [-0.39, 0.29) is 18.3 Å². The average molecular weight is 415 g/mol. The Bertz CT molecular complexity index is 624. The van der Waals surface area contributed by atoms with Crippen molar-refractivity contribution in [2.75, 3.05) is 0 Å². The molecule has 0 aliphatic carbocycles. The van der Waals surface area contributed by atoms with E-state index in [0.29, 0.717) is 6.42 Å². The Labute approximate surface area is 170 Å². The molecular weight excluding hydrogens is 382 g/mol. The molecule has 5 atom stereocenters. The van der Waals surface area contributed by atoms with Gasteiger partial charge in [-0.15, -0.1) is 0 Å². The zero-order chi connectivity index (χ0) is 22.9. The van der Waals surface area contributed by atoms with Crippen LogP contribution < -0.4 is 27.4 Å². The molecule has 0 heterocycles. The van der Waals surface area contributed by atoms with Crippen LogP contribution in [0.15, 0.2) is 0 Å². The largest absolute Gasteiger partial charge is 0.480 e. The van der Waals surface area contributed by atoms with Crippen LogP contribution in [0.25, 0.3) is 0 Å². The average Bonchev–Trinajstić information content (AvgIpc) is 2.61. The van der Waals surface area contributed by atoms with Crippen LogP contribution in [0, 0.1) is 11.8 Å². The smallest absolute Gasteiger partial charge is 0.326 e. The first kappa shape index (κ1) is 26.3. The maximum absolute atomic E-state index is 12.5. The highest BCUT2D eigenvalue weighted by atomic mass is 16.4. The Hall–Kier alpha value is -2.69. The highest BCUT2D eigenvalue weighted by Gasteiger charge is 2.31. The number of hydrogen-bond acceptors (Lipinski definition) is 6. The fraction of sp³-hybridized carbons (Fsp3) is 0.722. The number of hydrogen-bond donors (Lipinski definition) is 6. The van der Waals surface area contributed by atoms with E-state index in [2.05, 4.69) is 16.0 Å². The van der Waals surface area contributed by atoms with Gasteiger partial charge in [-0.1, -0.05) is 34.1 Å². The minimum Gasteiger partial charge on any atom is -0.480 e. The van der Waals surface area contributed by atoms with E-state index in [1.807, 2.05) is 0 Å². The lowest BCUT2D eigenvalue weighted by Gasteiger charge is -2.26. The van der Waals surface area contributed by atoms with Crippen LogP contribution in [0.3, 0.4) is 0 Å². The first-order valence-corrected chi connectivity index (χ1v) is 9.49. The minimum absolute atomic E-state index is 0.297. The molecule has 0 fully saturated rings. The number of primary amides is 1. The van der Waals surface area contributed by atoms with Crippen LogP contribution >= 0.6 is 0 Å². The number of nitrogens with two attached hydrogens (primary N) is 2. The van der Waals surface area contributed by atoms with E-state index in [4.69, 9.17) is 11.5 Å². The molecule has 0 aromatic heterocycles. The molecule has 11 nitrogen and oxygen atoms in total. The summed E-state index contributed by atoms with van der Waals surface area (Å²) < 4.78 is 0. The summed E-state index contributed by atoms with van der Waals surface area (Å²) in [7, 11) is 0. The Morgan fingerprint density at radius 2 is 1.38 bits per heavy atom. The molecule has 0 bridgehead atoms. The molecular formula is C18H33N5O6. The van der Waals surface area contributed by atoms with Crippen molar-refractivity contribution in [3.63, 3.8) is 0 Å². The molecule has 0 aliphatic rings. The second-order valence-electron chi connectivity index (χ2n) is 7.45. The lowest BCUT2D eigenvalue weighted by Crippen LogP contribution is -2.58. The van der Waals surface area contributed by atoms with Gasteiger partial charge in [0, 0.05) is 0 Å². The van der Waals surface area contributed by atoms with Gasteiger partial charge in [0.05, 0.1) is 12.5 Å². The second kappa shape index (κ2) is 12.0. The summed E-state index contributed by atoms with van der Waals surface area (Å²) in [5, 5.41) is 16.6. The second-order valence-corrected chi connectivity index (χ2v) is 7.45. The zero-order valence-corrected chi connectivity index (χ0v) is 17.5. The molecule has 29 heavy (non-hydrogen) atoms. The van der Waals surface area contributed by atoms with Crippen molar-refractivity contribution >= 4 is 29.6 Å². The molecule has 0 saturated carbocycles. The predicted octanol–water partition coefficient (Wildman–Crippen LogP) is -1.55. The number of nitrogens with one attached hydrogen (secondary N) is 3. The minimum atomic E-state index is -1.20. The third kappa shape index (κ3) is 8.90. The van der Waals surface area contributed by atoms with Gasteiger partial charge in [-0.25, -0.2) is 4.79 Å². The summed E-state index contributed by atoms with van der Waals surface area (Å²) in [4.78, 5) is 59.2. The fourth-order valence-corrected chi connectivity index (χ4v) is 2.43. The van der Waals surface area contributed by atoms with Crippen molar-refractivity contribution in [1.82, 2.24) is 16.0 Å². The molecule has 4 amide bonds. The number of carbonyl (C=O) groups excluding carboxylic acids is 4. The summed E-state index contributed by atoms with van der Waals surface area (Å²) in [5.74, 6) is -4.59. The van der Waals surface area contributed by atoms with E-state index < -0.39 is 53.8 Å².